The minimum atomic E-state index is 0.538. The maximum atomic E-state index is 4.33. The van der Waals surface area contributed by atoms with Gasteiger partial charge in [-0.25, -0.2) is 4.98 Å². The molecular weight excluding hydrogens is 194 g/mol. The fourth-order valence-corrected chi connectivity index (χ4v) is 2.13. The van der Waals surface area contributed by atoms with E-state index in [0.29, 0.717) is 6.04 Å². The Morgan fingerprint density at radius 1 is 1.64 bits per heavy atom. The normalized spacial score (nSPS) is 13.1. The molecule has 3 nitrogen and oxygen atoms in total. The van der Waals surface area contributed by atoms with Crippen LogP contribution in [-0.2, 0) is 13.5 Å². The maximum absolute atomic E-state index is 4.33. The standard InChI is InChI=1S/C10H19N3S/c1-4-11-9(8-14-3)7-10-12-5-6-13(10)2/h5-6,9,11H,4,7-8H2,1-3H3. The van der Waals surface area contributed by atoms with Gasteiger partial charge in [-0.15, -0.1) is 0 Å². The van der Waals surface area contributed by atoms with Gasteiger partial charge < -0.3 is 9.88 Å². The highest BCUT2D eigenvalue weighted by atomic mass is 32.2. The third kappa shape index (κ3) is 3.35. The van der Waals surface area contributed by atoms with E-state index in [4.69, 9.17) is 0 Å². The first kappa shape index (κ1) is 11.6. The molecule has 80 valence electrons. The minimum Gasteiger partial charge on any atom is -0.338 e. The second-order valence-electron chi connectivity index (χ2n) is 3.37. The van der Waals surface area contributed by atoms with Crippen LogP contribution in [-0.4, -0.2) is 34.1 Å². The lowest BCUT2D eigenvalue weighted by molar-refractivity contribution is 0.550. The molecule has 1 heterocycles. The molecule has 0 amide bonds. The summed E-state index contributed by atoms with van der Waals surface area (Å²) in [6.07, 6.45) is 7.01. The van der Waals surface area contributed by atoms with Crippen LogP contribution in [0.1, 0.15) is 12.7 Å². The predicted molar refractivity (Wildman–Crippen MR) is 62.8 cm³/mol. The highest BCUT2D eigenvalue weighted by molar-refractivity contribution is 7.98. The zero-order valence-electron chi connectivity index (χ0n) is 9.16. The Bertz CT molecular complexity index is 254. The van der Waals surface area contributed by atoms with Gasteiger partial charge >= 0.3 is 0 Å². The molecule has 1 rings (SSSR count). The number of thioether (sulfide) groups is 1. The molecule has 0 aliphatic carbocycles. The van der Waals surface area contributed by atoms with Gasteiger partial charge in [-0.05, 0) is 12.8 Å². The monoisotopic (exact) mass is 213 g/mol. The van der Waals surface area contributed by atoms with E-state index in [1.165, 1.54) is 0 Å². The average Bonchev–Trinajstić information content (AvgIpc) is 2.53. The topological polar surface area (TPSA) is 29.9 Å². The Kier molecular flexibility index (Phi) is 5.04. The number of nitrogens with zero attached hydrogens (tertiary/aromatic N) is 2. The molecule has 1 N–H and O–H groups in total. The van der Waals surface area contributed by atoms with Crippen molar-refractivity contribution >= 4 is 11.8 Å². The fraction of sp³-hybridized carbons (Fsp3) is 0.700. The lowest BCUT2D eigenvalue weighted by Gasteiger charge is -2.16. The van der Waals surface area contributed by atoms with Crippen molar-refractivity contribution in [3.05, 3.63) is 18.2 Å². The summed E-state index contributed by atoms with van der Waals surface area (Å²) >= 11 is 1.88. The van der Waals surface area contributed by atoms with Gasteiger partial charge in [0.2, 0.25) is 0 Å². The maximum Gasteiger partial charge on any atom is 0.109 e. The second kappa shape index (κ2) is 6.09. The van der Waals surface area contributed by atoms with Crippen LogP contribution in [0.2, 0.25) is 0 Å². The summed E-state index contributed by atoms with van der Waals surface area (Å²) in [5, 5.41) is 3.47. The quantitative estimate of drug-likeness (QED) is 0.772. The van der Waals surface area contributed by atoms with Crippen LogP contribution in [0.25, 0.3) is 0 Å². The van der Waals surface area contributed by atoms with Crippen LogP contribution >= 0.6 is 11.8 Å². The van der Waals surface area contributed by atoms with E-state index < -0.39 is 0 Å². The first-order chi connectivity index (χ1) is 6.77. The van der Waals surface area contributed by atoms with E-state index in [1.807, 2.05) is 31.2 Å². The largest absolute Gasteiger partial charge is 0.338 e. The number of aryl methyl sites for hydroxylation is 1. The van der Waals surface area contributed by atoms with Gasteiger partial charge in [-0.1, -0.05) is 6.92 Å². The first-order valence-electron chi connectivity index (χ1n) is 4.96. The molecule has 0 aliphatic heterocycles. The fourth-order valence-electron chi connectivity index (χ4n) is 1.49. The zero-order valence-corrected chi connectivity index (χ0v) is 9.97. The van der Waals surface area contributed by atoms with Crippen molar-refractivity contribution in [1.29, 1.82) is 0 Å². The lowest BCUT2D eigenvalue weighted by atomic mass is 10.2. The molecule has 0 bridgehead atoms. The number of imidazole rings is 1. The molecule has 14 heavy (non-hydrogen) atoms. The highest BCUT2D eigenvalue weighted by Crippen LogP contribution is 2.04. The van der Waals surface area contributed by atoms with Crippen LogP contribution in [0.4, 0.5) is 0 Å². The van der Waals surface area contributed by atoms with Crippen molar-refractivity contribution in [2.45, 2.75) is 19.4 Å². The SMILES string of the molecule is CCNC(CSC)Cc1nccn1C. The van der Waals surface area contributed by atoms with Crippen molar-refractivity contribution in [3.8, 4) is 0 Å². The third-order valence-electron chi connectivity index (χ3n) is 2.21. The van der Waals surface area contributed by atoms with E-state index in [-0.39, 0.29) is 0 Å². The summed E-state index contributed by atoms with van der Waals surface area (Å²) in [5.41, 5.74) is 0. The number of nitrogens with one attached hydrogen (secondary N) is 1. The number of hydrogen-bond acceptors (Lipinski definition) is 3. The van der Waals surface area contributed by atoms with Gasteiger partial charge in [0.05, 0.1) is 0 Å². The van der Waals surface area contributed by atoms with E-state index >= 15 is 0 Å². The molecule has 0 saturated carbocycles. The minimum absolute atomic E-state index is 0.538. The van der Waals surface area contributed by atoms with Crippen molar-refractivity contribution in [2.24, 2.45) is 7.05 Å². The number of rotatable bonds is 6. The van der Waals surface area contributed by atoms with Gasteiger partial charge in [-0.2, -0.15) is 11.8 Å². The smallest absolute Gasteiger partial charge is 0.109 e. The van der Waals surface area contributed by atoms with E-state index in [0.717, 1.165) is 24.5 Å². The third-order valence-corrected chi connectivity index (χ3v) is 2.95. The molecule has 0 radical (unpaired) electrons. The number of likely N-dealkylation sites (N-methyl/N-ethyl adjacent to an activating group) is 1. The van der Waals surface area contributed by atoms with Gasteiger partial charge in [0, 0.05) is 37.7 Å². The number of hydrogen-bond donors (Lipinski definition) is 1. The van der Waals surface area contributed by atoms with Crippen molar-refractivity contribution < 1.29 is 0 Å². The molecule has 1 aromatic heterocycles. The molecule has 1 unspecified atom stereocenters. The Morgan fingerprint density at radius 2 is 2.43 bits per heavy atom. The molecule has 0 saturated heterocycles. The van der Waals surface area contributed by atoms with Crippen molar-refractivity contribution in [2.75, 3.05) is 18.6 Å². The molecule has 0 aliphatic rings. The molecule has 0 aromatic carbocycles. The van der Waals surface area contributed by atoms with Crippen LogP contribution < -0.4 is 5.32 Å². The number of aromatic nitrogens is 2. The summed E-state index contributed by atoms with van der Waals surface area (Å²) in [6, 6.07) is 0.538. The highest BCUT2D eigenvalue weighted by Gasteiger charge is 2.09. The first-order valence-corrected chi connectivity index (χ1v) is 6.35. The van der Waals surface area contributed by atoms with E-state index in [9.17, 15) is 0 Å². The molecule has 0 spiro atoms. The zero-order chi connectivity index (χ0) is 10.4. The molecule has 1 aromatic rings. The van der Waals surface area contributed by atoms with Crippen molar-refractivity contribution in [1.82, 2.24) is 14.9 Å². The average molecular weight is 213 g/mol. The molecule has 0 fully saturated rings. The summed E-state index contributed by atoms with van der Waals surface area (Å²) in [4.78, 5) is 4.33. The Morgan fingerprint density at radius 3 is 2.93 bits per heavy atom. The molecule has 1 atom stereocenters. The summed E-state index contributed by atoms with van der Waals surface area (Å²) in [6.45, 7) is 3.17. The predicted octanol–water partition coefficient (Wildman–Crippen LogP) is 1.30. The van der Waals surface area contributed by atoms with Crippen LogP contribution in [0, 0.1) is 0 Å². The van der Waals surface area contributed by atoms with E-state index in [1.54, 1.807) is 0 Å². The summed E-state index contributed by atoms with van der Waals surface area (Å²) in [7, 11) is 2.05. The van der Waals surface area contributed by atoms with E-state index in [2.05, 4.69) is 28.0 Å². The lowest BCUT2D eigenvalue weighted by Crippen LogP contribution is -2.34. The summed E-state index contributed by atoms with van der Waals surface area (Å²) in [5.74, 6) is 2.30. The Labute approximate surface area is 90.3 Å². The molecular formula is C10H19N3S. The molecule has 4 heteroatoms. The van der Waals surface area contributed by atoms with Gasteiger partial charge in [0.1, 0.15) is 5.82 Å². The van der Waals surface area contributed by atoms with Gasteiger partial charge in [-0.3, -0.25) is 0 Å². The van der Waals surface area contributed by atoms with Crippen LogP contribution in [0.15, 0.2) is 12.4 Å². The van der Waals surface area contributed by atoms with Crippen LogP contribution in [0.5, 0.6) is 0 Å². The second-order valence-corrected chi connectivity index (χ2v) is 4.28. The van der Waals surface area contributed by atoms with Gasteiger partial charge in [0.15, 0.2) is 0 Å². The van der Waals surface area contributed by atoms with Crippen LogP contribution in [0.3, 0.4) is 0 Å². The van der Waals surface area contributed by atoms with Crippen molar-refractivity contribution in [3.63, 3.8) is 0 Å². The summed E-state index contributed by atoms with van der Waals surface area (Å²) < 4.78 is 2.09. The Balaban J connectivity index is 2.50. The van der Waals surface area contributed by atoms with Gasteiger partial charge in [0.25, 0.3) is 0 Å². The Hall–Kier alpha value is -0.480.